The monoisotopic (exact) mass is 366 g/mol. The molecule has 5 nitrogen and oxygen atoms in total. The van der Waals surface area contributed by atoms with Crippen LogP contribution in [0, 0.1) is 0 Å². The SMILES string of the molecule is CCN(C(=O)CNc1cc2c(cc1Cl)OCCCO2)C1CCCCC1. The molecule has 1 aromatic rings. The predicted octanol–water partition coefficient (Wildman–Crippen LogP) is 4.09. The van der Waals surface area contributed by atoms with Gasteiger partial charge in [0.2, 0.25) is 5.91 Å². The first-order valence-corrected chi connectivity index (χ1v) is 9.69. The maximum Gasteiger partial charge on any atom is 0.242 e. The molecule has 1 aromatic carbocycles. The van der Waals surface area contributed by atoms with Crippen molar-refractivity contribution in [3.63, 3.8) is 0 Å². The number of nitrogens with one attached hydrogen (secondary N) is 1. The van der Waals surface area contributed by atoms with Gasteiger partial charge in [0.05, 0.1) is 30.5 Å². The van der Waals surface area contributed by atoms with E-state index >= 15 is 0 Å². The fraction of sp³-hybridized carbons (Fsp3) is 0.632. The normalized spacial score (nSPS) is 17.7. The average molecular weight is 367 g/mol. The van der Waals surface area contributed by atoms with Crippen molar-refractivity contribution in [3.05, 3.63) is 17.2 Å². The molecule has 0 spiro atoms. The number of hydrogen-bond acceptors (Lipinski definition) is 4. The highest BCUT2D eigenvalue weighted by Gasteiger charge is 2.24. The summed E-state index contributed by atoms with van der Waals surface area (Å²) in [5.74, 6) is 1.46. The Hall–Kier alpha value is -1.62. The largest absolute Gasteiger partial charge is 0.490 e. The van der Waals surface area contributed by atoms with Crippen LogP contribution in [0.15, 0.2) is 12.1 Å². The van der Waals surface area contributed by atoms with Crippen LogP contribution in [-0.4, -0.2) is 43.2 Å². The molecule has 1 N–H and O–H groups in total. The minimum Gasteiger partial charge on any atom is -0.490 e. The molecule has 138 valence electrons. The first-order chi connectivity index (χ1) is 12.2. The van der Waals surface area contributed by atoms with Gasteiger partial charge in [0.15, 0.2) is 11.5 Å². The molecule has 1 aliphatic heterocycles. The molecule has 3 rings (SSSR count). The first kappa shape index (κ1) is 18.2. The molecule has 0 radical (unpaired) electrons. The molecule has 25 heavy (non-hydrogen) atoms. The Bertz CT molecular complexity index is 603. The Kier molecular flexibility index (Phi) is 6.29. The van der Waals surface area contributed by atoms with E-state index in [-0.39, 0.29) is 12.5 Å². The van der Waals surface area contributed by atoms with Crippen molar-refractivity contribution in [2.24, 2.45) is 0 Å². The molecule has 1 heterocycles. The summed E-state index contributed by atoms with van der Waals surface area (Å²) in [5.41, 5.74) is 0.707. The van der Waals surface area contributed by atoms with Crippen molar-refractivity contribution in [1.82, 2.24) is 4.90 Å². The molecule has 1 saturated carbocycles. The number of benzene rings is 1. The number of carbonyl (C=O) groups excluding carboxylic acids is 1. The van der Waals surface area contributed by atoms with E-state index in [0.717, 1.165) is 25.8 Å². The third-order valence-corrected chi connectivity index (χ3v) is 5.26. The number of nitrogens with zero attached hydrogens (tertiary/aromatic N) is 1. The number of ether oxygens (including phenoxy) is 2. The second kappa shape index (κ2) is 8.65. The predicted molar refractivity (Wildman–Crippen MR) is 99.8 cm³/mol. The number of anilines is 1. The molecule has 0 unspecified atom stereocenters. The highest BCUT2D eigenvalue weighted by atomic mass is 35.5. The van der Waals surface area contributed by atoms with Crippen LogP contribution in [0.5, 0.6) is 11.5 Å². The summed E-state index contributed by atoms with van der Waals surface area (Å²) >= 11 is 6.34. The molecule has 0 bridgehead atoms. The van der Waals surface area contributed by atoms with Crippen LogP contribution in [0.3, 0.4) is 0 Å². The van der Waals surface area contributed by atoms with Crippen molar-refractivity contribution in [2.75, 3.05) is 31.6 Å². The van der Waals surface area contributed by atoms with Gasteiger partial charge in [-0.05, 0) is 19.8 Å². The van der Waals surface area contributed by atoms with Crippen LogP contribution in [0.4, 0.5) is 5.69 Å². The Morgan fingerprint density at radius 3 is 2.52 bits per heavy atom. The zero-order chi connectivity index (χ0) is 17.6. The number of amides is 1. The van der Waals surface area contributed by atoms with E-state index in [2.05, 4.69) is 5.32 Å². The number of halogens is 1. The summed E-state index contributed by atoms with van der Waals surface area (Å²) in [6, 6.07) is 3.97. The second-order valence-electron chi connectivity index (χ2n) is 6.65. The molecular formula is C19H27ClN2O3. The molecule has 0 aromatic heterocycles. The number of carbonyl (C=O) groups is 1. The van der Waals surface area contributed by atoms with Crippen LogP contribution in [0.25, 0.3) is 0 Å². The van der Waals surface area contributed by atoms with Crippen molar-refractivity contribution >= 4 is 23.2 Å². The second-order valence-corrected chi connectivity index (χ2v) is 7.06. The van der Waals surface area contributed by atoms with Crippen molar-refractivity contribution in [3.8, 4) is 11.5 Å². The van der Waals surface area contributed by atoms with E-state index < -0.39 is 0 Å². The van der Waals surface area contributed by atoms with Crippen LogP contribution in [0.2, 0.25) is 5.02 Å². The Morgan fingerprint density at radius 2 is 1.84 bits per heavy atom. The van der Waals surface area contributed by atoms with Gasteiger partial charge in [0.1, 0.15) is 0 Å². The fourth-order valence-corrected chi connectivity index (χ4v) is 3.84. The van der Waals surface area contributed by atoms with Crippen LogP contribution >= 0.6 is 11.6 Å². The zero-order valence-corrected chi connectivity index (χ0v) is 15.6. The number of likely N-dealkylation sites (N-methyl/N-ethyl adjacent to an activating group) is 1. The van der Waals surface area contributed by atoms with E-state index in [1.807, 2.05) is 17.9 Å². The van der Waals surface area contributed by atoms with E-state index in [1.54, 1.807) is 6.07 Å². The standard InChI is InChI=1S/C19H27ClN2O3/c1-2-22(14-7-4-3-5-8-14)19(23)13-21-16-12-18-17(11-15(16)20)24-9-6-10-25-18/h11-12,14,21H,2-10,13H2,1H3. The van der Waals surface area contributed by atoms with Gasteiger partial charge in [0, 0.05) is 31.1 Å². The smallest absolute Gasteiger partial charge is 0.242 e. The topological polar surface area (TPSA) is 50.8 Å². The summed E-state index contributed by atoms with van der Waals surface area (Å²) in [4.78, 5) is 14.7. The first-order valence-electron chi connectivity index (χ1n) is 9.31. The van der Waals surface area contributed by atoms with Gasteiger partial charge in [-0.2, -0.15) is 0 Å². The summed E-state index contributed by atoms with van der Waals surface area (Å²) < 4.78 is 11.3. The lowest BCUT2D eigenvalue weighted by atomic mass is 9.94. The summed E-state index contributed by atoms with van der Waals surface area (Å²) in [6.45, 7) is 4.29. The lowest BCUT2D eigenvalue weighted by Crippen LogP contribution is -2.43. The zero-order valence-electron chi connectivity index (χ0n) is 14.9. The highest BCUT2D eigenvalue weighted by molar-refractivity contribution is 6.33. The molecular weight excluding hydrogens is 340 g/mol. The Balaban J connectivity index is 1.64. The Labute approximate surface area is 154 Å². The Morgan fingerprint density at radius 1 is 1.16 bits per heavy atom. The lowest BCUT2D eigenvalue weighted by molar-refractivity contribution is -0.132. The van der Waals surface area contributed by atoms with Gasteiger partial charge in [-0.3, -0.25) is 4.79 Å². The number of hydrogen-bond donors (Lipinski definition) is 1. The molecule has 2 aliphatic rings. The number of fused-ring (bicyclic) bond motifs is 1. The fourth-order valence-electron chi connectivity index (χ4n) is 3.62. The van der Waals surface area contributed by atoms with E-state index in [9.17, 15) is 4.79 Å². The molecule has 1 fully saturated rings. The van der Waals surface area contributed by atoms with Gasteiger partial charge in [0.25, 0.3) is 0 Å². The lowest BCUT2D eigenvalue weighted by Gasteiger charge is -2.33. The van der Waals surface area contributed by atoms with E-state index in [0.29, 0.717) is 41.5 Å². The van der Waals surface area contributed by atoms with Gasteiger partial charge >= 0.3 is 0 Å². The third kappa shape index (κ3) is 4.51. The molecule has 1 aliphatic carbocycles. The highest BCUT2D eigenvalue weighted by Crippen LogP contribution is 2.37. The minimum atomic E-state index is 0.123. The van der Waals surface area contributed by atoms with Gasteiger partial charge in [-0.15, -0.1) is 0 Å². The number of rotatable bonds is 5. The summed E-state index contributed by atoms with van der Waals surface area (Å²) in [5, 5.41) is 3.72. The maximum atomic E-state index is 12.7. The van der Waals surface area contributed by atoms with Gasteiger partial charge in [-0.25, -0.2) is 0 Å². The minimum absolute atomic E-state index is 0.123. The van der Waals surface area contributed by atoms with Crippen LogP contribution in [0.1, 0.15) is 45.4 Å². The van der Waals surface area contributed by atoms with Gasteiger partial charge < -0.3 is 19.7 Å². The van der Waals surface area contributed by atoms with Gasteiger partial charge in [-0.1, -0.05) is 30.9 Å². The van der Waals surface area contributed by atoms with Crippen molar-refractivity contribution < 1.29 is 14.3 Å². The van der Waals surface area contributed by atoms with Crippen LogP contribution < -0.4 is 14.8 Å². The van der Waals surface area contributed by atoms with E-state index in [1.165, 1.54) is 19.3 Å². The maximum absolute atomic E-state index is 12.7. The molecule has 0 atom stereocenters. The molecule has 6 heteroatoms. The average Bonchev–Trinajstić information content (AvgIpc) is 2.86. The van der Waals surface area contributed by atoms with Crippen molar-refractivity contribution in [1.29, 1.82) is 0 Å². The van der Waals surface area contributed by atoms with Crippen molar-refractivity contribution in [2.45, 2.75) is 51.5 Å². The molecule has 0 saturated heterocycles. The quantitative estimate of drug-likeness (QED) is 0.852. The summed E-state index contributed by atoms with van der Waals surface area (Å²) in [6.07, 6.45) is 6.80. The third-order valence-electron chi connectivity index (χ3n) is 4.94. The molecule has 1 amide bonds. The van der Waals surface area contributed by atoms with Crippen LogP contribution in [-0.2, 0) is 4.79 Å². The van der Waals surface area contributed by atoms with E-state index in [4.69, 9.17) is 21.1 Å². The summed E-state index contributed by atoms with van der Waals surface area (Å²) in [7, 11) is 0.